The normalized spacial score (nSPS) is 22.9. The molecule has 2 atom stereocenters. The van der Waals surface area contributed by atoms with Crippen molar-refractivity contribution < 1.29 is 14.0 Å². The number of nitrogens with two attached hydrogens (primary N) is 2. The van der Waals surface area contributed by atoms with Gasteiger partial charge in [-0.15, -0.1) is 0 Å². The van der Waals surface area contributed by atoms with E-state index in [1.54, 1.807) is 18.2 Å². The van der Waals surface area contributed by atoms with Gasteiger partial charge in [0.15, 0.2) is 5.67 Å². The number of hydrogen-bond acceptors (Lipinski definition) is 4. The summed E-state index contributed by atoms with van der Waals surface area (Å²) in [6, 6.07) is 5.32. The summed E-state index contributed by atoms with van der Waals surface area (Å²) in [4.78, 5) is 21.8. The van der Waals surface area contributed by atoms with E-state index in [0.29, 0.717) is 5.69 Å². The van der Waals surface area contributed by atoms with Gasteiger partial charge in [0.1, 0.15) is 11.6 Å². The highest BCUT2D eigenvalue weighted by molar-refractivity contribution is 5.81. The molecule has 6 heteroatoms. The Morgan fingerprint density at radius 3 is 2.78 bits per heavy atom. The predicted octanol–water partition coefficient (Wildman–Crippen LogP) is 0.195. The molecule has 5 N–H and O–H groups in total. The maximum atomic E-state index is 14.9. The highest BCUT2D eigenvalue weighted by atomic mass is 19.1. The van der Waals surface area contributed by atoms with Crippen LogP contribution < -0.4 is 16.8 Å². The fourth-order valence-corrected chi connectivity index (χ4v) is 2.03. The summed E-state index contributed by atoms with van der Waals surface area (Å²) in [6.07, 6.45) is -0.392. The van der Waals surface area contributed by atoms with E-state index in [0.717, 1.165) is 0 Å². The summed E-state index contributed by atoms with van der Waals surface area (Å²) in [6.45, 7) is 0. The highest BCUT2D eigenvalue weighted by Crippen LogP contribution is 2.46. The van der Waals surface area contributed by atoms with Crippen LogP contribution in [0, 0.1) is 0 Å². The van der Waals surface area contributed by atoms with E-state index in [1.165, 1.54) is 12.0 Å². The number of halogens is 1. The molecule has 1 aliphatic heterocycles. The van der Waals surface area contributed by atoms with E-state index in [2.05, 4.69) is 5.32 Å². The lowest BCUT2D eigenvalue weighted by molar-refractivity contribution is -0.120. The van der Waals surface area contributed by atoms with Crippen LogP contribution in [-0.4, -0.2) is 17.9 Å². The summed E-state index contributed by atoms with van der Waals surface area (Å²) >= 11 is 0. The van der Waals surface area contributed by atoms with Gasteiger partial charge in [0.2, 0.25) is 5.91 Å². The van der Waals surface area contributed by atoms with Crippen molar-refractivity contribution in [1.82, 2.24) is 0 Å². The van der Waals surface area contributed by atoms with E-state index < -0.39 is 24.0 Å². The minimum Gasteiger partial charge on any atom is -0.368 e. The summed E-state index contributed by atoms with van der Waals surface area (Å²) in [5.74, 6) is 0.701. The third-order valence-electron chi connectivity index (χ3n) is 2.98. The molecule has 1 aromatic rings. The quantitative estimate of drug-likeness (QED) is 0.666. The van der Waals surface area contributed by atoms with Gasteiger partial charge in [-0.2, -0.15) is 0 Å². The fourth-order valence-electron chi connectivity index (χ4n) is 2.03. The molecule has 18 heavy (non-hydrogen) atoms. The second-order valence-electron chi connectivity index (χ2n) is 4.16. The summed E-state index contributed by atoms with van der Waals surface area (Å²) in [7, 11) is 0. The average molecular weight is 249 g/mol. The second-order valence-corrected chi connectivity index (χ2v) is 4.16. The lowest BCUT2D eigenvalue weighted by Gasteiger charge is -2.22. The Labute approximate surface area is 103 Å². The van der Waals surface area contributed by atoms with Crippen LogP contribution in [0.2, 0.25) is 0 Å². The van der Waals surface area contributed by atoms with Gasteiger partial charge in [-0.25, -0.2) is 9.18 Å². The molecule has 0 saturated heterocycles. The molecule has 0 spiro atoms. The first-order chi connectivity index (χ1) is 8.49. The number of alkyl halides is 1. The number of anilines is 1. The molecule has 1 heterocycles. The number of allylic oxidation sites excluding steroid dienone is 1. The summed E-state index contributed by atoms with van der Waals surface area (Å²) in [5, 5.41) is 2.63. The predicted molar refractivity (Wildman–Crippen MR) is 63.8 cm³/mol. The number of fused-ring (bicyclic) bond motifs is 1. The van der Waals surface area contributed by atoms with E-state index in [9.17, 15) is 14.0 Å². The molecule has 0 saturated carbocycles. The number of carbonyl (C=O) groups excluding carboxylic acids is 2. The van der Waals surface area contributed by atoms with Crippen LogP contribution in [0.15, 0.2) is 30.0 Å². The summed E-state index contributed by atoms with van der Waals surface area (Å²) < 4.78 is 14.9. The van der Waals surface area contributed by atoms with Crippen molar-refractivity contribution in [3.63, 3.8) is 0 Å². The number of primary amides is 1. The molecule has 0 radical (unpaired) electrons. The molecule has 1 aromatic carbocycles. The molecule has 0 fully saturated rings. The Hall–Kier alpha value is -2.17. The van der Waals surface area contributed by atoms with Gasteiger partial charge in [-0.05, 0) is 6.07 Å². The molecular weight excluding hydrogens is 237 g/mol. The zero-order valence-electron chi connectivity index (χ0n) is 9.44. The first-order valence-corrected chi connectivity index (χ1v) is 5.35. The zero-order chi connectivity index (χ0) is 13.3. The third kappa shape index (κ3) is 1.77. The Kier molecular flexibility index (Phi) is 2.90. The first kappa shape index (κ1) is 12.3. The minimum absolute atomic E-state index is 0.264. The fraction of sp³-hybridized carbons (Fsp3) is 0.250. The van der Waals surface area contributed by atoms with Crippen LogP contribution in [-0.2, 0) is 15.3 Å². The van der Waals surface area contributed by atoms with E-state index in [1.807, 2.05) is 0 Å². The largest absolute Gasteiger partial charge is 0.368 e. The van der Waals surface area contributed by atoms with Crippen molar-refractivity contribution in [1.29, 1.82) is 0 Å². The van der Waals surface area contributed by atoms with Gasteiger partial charge in [-0.1, -0.05) is 18.2 Å². The Bertz CT molecular complexity index is 554. The molecule has 1 aliphatic rings. The van der Waals surface area contributed by atoms with Crippen molar-refractivity contribution in [2.45, 2.75) is 18.1 Å². The van der Waals surface area contributed by atoms with Gasteiger partial charge in [0.05, 0.1) is 6.04 Å². The van der Waals surface area contributed by atoms with Crippen molar-refractivity contribution in [3.05, 3.63) is 35.5 Å². The number of benzene rings is 1. The second kappa shape index (κ2) is 4.25. The van der Waals surface area contributed by atoms with E-state index in [4.69, 9.17) is 11.5 Å². The van der Waals surface area contributed by atoms with Gasteiger partial charge >= 0.3 is 0 Å². The molecule has 1 amide bonds. The van der Waals surface area contributed by atoms with E-state index >= 15 is 0 Å². The molecule has 94 valence electrons. The lowest BCUT2D eigenvalue weighted by atomic mass is 9.89. The number of hydrogen-bond donors (Lipinski definition) is 3. The summed E-state index contributed by atoms with van der Waals surface area (Å²) in [5.41, 5.74) is 8.80. The maximum Gasteiger partial charge on any atom is 0.234 e. The van der Waals surface area contributed by atoms with Crippen LogP contribution in [0.3, 0.4) is 0 Å². The van der Waals surface area contributed by atoms with Gasteiger partial charge < -0.3 is 16.8 Å². The van der Waals surface area contributed by atoms with Crippen LogP contribution in [0.5, 0.6) is 0 Å². The smallest absolute Gasteiger partial charge is 0.234 e. The molecular formula is C12H12FN3O2. The van der Waals surface area contributed by atoms with Crippen molar-refractivity contribution in [2.75, 3.05) is 5.32 Å². The lowest BCUT2D eigenvalue weighted by Crippen LogP contribution is -2.41. The SMILES string of the molecule is NC(=O)[C@@H](N)CC1(F)C(=C=O)Nc2ccccc21. The van der Waals surface area contributed by atoms with Crippen LogP contribution in [0.25, 0.3) is 0 Å². The van der Waals surface area contributed by atoms with E-state index in [-0.39, 0.29) is 11.3 Å². The highest BCUT2D eigenvalue weighted by Gasteiger charge is 2.46. The van der Waals surface area contributed by atoms with Gasteiger partial charge in [0, 0.05) is 17.7 Å². The maximum absolute atomic E-state index is 14.9. The Balaban J connectivity index is 2.46. The number of rotatable bonds is 3. The standard InChI is InChI=1S/C12H12FN3O2/c13-12(5-8(14)11(15)18)7-3-1-2-4-9(7)16-10(12)6-17/h1-4,8,16H,5,14H2,(H2,15,18)/t8-,12?/m0/s1. The zero-order valence-corrected chi connectivity index (χ0v) is 9.44. The number of carbonyl (C=O) groups is 1. The minimum atomic E-state index is -2.15. The first-order valence-electron chi connectivity index (χ1n) is 5.35. The van der Waals surface area contributed by atoms with Crippen LogP contribution >= 0.6 is 0 Å². The van der Waals surface area contributed by atoms with Crippen molar-refractivity contribution >= 4 is 17.5 Å². The third-order valence-corrected chi connectivity index (χ3v) is 2.98. The molecule has 1 unspecified atom stereocenters. The molecule has 5 nitrogen and oxygen atoms in total. The topological polar surface area (TPSA) is 98.2 Å². The monoisotopic (exact) mass is 249 g/mol. The Morgan fingerprint density at radius 1 is 1.50 bits per heavy atom. The van der Waals surface area contributed by atoms with Crippen LogP contribution in [0.1, 0.15) is 12.0 Å². The number of para-hydroxylation sites is 1. The molecule has 2 rings (SSSR count). The molecule has 0 aromatic heterocycles. The number of amides is 1. The average Bonchev–Trinajstić information content (AvgIpc) is 2.62. The molecule has 0 bridgehead atoms. The van der Waals surface area contributed by atoms with Crippen molar-refractivity contribution in [3.8, 4) is 0 Å². The van der Waals surface area contributed by atoms with Gasteiger partial charge in [-0.3, -0.25) is 4.79 Å². The van der Waals surface area contributed by atoms with Gasteiger partial charge in [0.25, 0.3) is 0 Å². The molecule has 0 aliphatic carbocycles. The van der Waals surface area contributed by atoms with Crippen molar-refractivity contribution in [2.24, 2.45) is 11.5 Å². The number of nitrogens with one attached hydrogen (secondary N) is 1. The Morgan fingerprint density at radius 2 is 2.17 bits per heavy atom. The van der Waals surface area contributed by atoms with Crippen LogP contribution in [0.4, 0.5) is 10.1 Å².